The molecule has 0 bridgehead atoms. The Hall–Kier alpha value is -5.25. The summed E-state index contributed by atoms with van der Waals surface area (Å²) in [6.45, 7) is 11.2. The van der Waals surface area contributed by atoms with Gasteiger partial charge >= 0.3 is 5.97 Å². The molecule has 7 rings (SSSR count). The summed E-state index contributed by atoms with van der Waals surface area (Å²) in [6.07, 6.45) is 1.28. The number of fused-ring (bicyclic) bond motifs is 1. The number of piperazine rings is 1. The van der Waals surface area contributed by atoms with Crippen LogP contribution in [-0.4, -0.2) is 69.0 Å². The van der Waals surface area contributed by atoms with E-state index in [1.807, 2.05) is 92.9 Å². The van der Waals surface area contributed by atoms with E-state index in [1.54, 1.807) is 12.1 Å². The number of benzene rings is 4. The molecule has 1 aliphatic rings. The van der Waals surface area contributed by atoms with Crippen molar-refractivity contribution in [2.45, 2.75) is 47.1 Å². The van der Waals surface area contributed by atoms with E-state index in [9.17, 15) is 9.90 Å². The maximum absolute atomic E-state index is 15.1. The first-order valence-electron chi connectivity index (χ1n) is 18.6. The molecule has 1 N–H and O–H groups in total. The molecule has 3 heterocycles. The summed E-state index contributed by atoms with van der Waals surface area (Å²) < 4.78 is 10.3. The molecule has 55 heavy (non-hydrogen) atoms. The Kier molecular flexibility index (Phi) is 11.0. The number of hydrogen-bond acceptors (Lipinski definition) is 5. The third kappa shape index (κ3) is 7.56. The van der Waals surface area contributed by atoms with Crippen LogP contribution in [0.5, 0.6) is 5.75 Å². The van der Waals surface area contributed by atoms with E-state index in [0.717, 1.165) is 72.1 Å². The zero-order valence-corrected chi connectivity index (χ0v) is 33.3. The first kappa shape index (κ1) is 38.0. The molecule has 284 valence electrons. The molecular formula is C44H45Cl2N5O4. The molecule has 0 radical (unpaired) electrons. The highest BCUT2D eigenvalue weighted by Gasteiger charge is 2.32. The molecule has 0 saturated carbocycles. The number of amides is 1. The average Bonchev–Trinajstić information content (AvgIpc) is 3.62. The van der Waals surface area contributed by atoms with Crippen LogP contribution in [0.25, 0.3) is 22.0 Å². The summed E-state index contributed by atoms with van der Waals surface area (Å²) in [5, 5.41) is 16.5. The van der Waals surface area contributed by atoms with E-state index in [4.69, 9.17) is 33.0 Å². The number of carboxylic acid groups (broad SMARTS) is 1. The quantitative estimate of drug-likeness (QED) is 0.132. The monoisotopic (exact) mass is 777 g/mol. The van der Waals surface area contributed by atoms with Gasteiger partial charge in [-0.3, -0.25) is 9.48 Å². The minimum absolute atomic E-state index is 0.0328. The molecule has 1 aliphatic heterocycles. The van der Waals surface area contributed by atoms with Crippen molar-refractivity contribution in [1.82, 2.24) is 19.2 Å². The number of ether oxygens (including phenoxy) is 1. The number of carbonyl (C=O) groups is 2. The minimum atomic E-state index is -0.955. The van der Waals surface area contributed by atoms with Crippen LogP contribution < -0.4 is 9.64 Å². The van der Waals surface area contributed by atoms with Crippen LogP contribution in [0.1, 0.15) is 60.9 Å². The first-order chi connectivity index (χ1) is 26.4. The Balaban J connectivity index is 1.31. The number of halogens is 2. The van der Waals surface area contributed by atoms with Crippen molar-refractivity contribution in [2.75, 3.05) is 37.7 Å². The van der Waals surface area contributed by atoms with Crippen LogP contribution >= 0.6 is 23.2 Å². The SMILES string of the molecule is Cc1cc(OCCCc2c(C(=O)N3CCN(c4ccc(C(=O)O)cc4)CC3)n(Cc3ccccc3)c3c(-c4c(C)nn(C)c4C)c(Cl)ccc23)cc(C)c1Cl. The molecule has 9 nitrogen and oxygen atoms in total. The topological polar surface area (TPSA) is 92.8 Å². The highest BCUT2D eigenvalue weighted by Crippen LogP contribution is 2.43. The number of rotatable bonds is 11. The lowest BCUT2D eigenvalue weighted by atomic mass is 9.98. The zero-order chi connectivity index (χ0) is 39.0. The summed E-state index contributed by atoms with van der Waals surface area (Å²) in [4.78, 5) is 30.7. The normalized spacial score (nSPS) is 13.1. The number of carbonyl (C=O) groups excluding carboxylic acids is 1. The van der Waals surface area contributed by atoms with Crippen LogP contribution in [0.15, 0.2) is 78.9 Å². The number of aromatic carboxylic acids is 1. The smallest absolute Gasteiger partial charge is 0.335 e. The lowest BCUT2D eigenvalue weighted by molar-refractivity contribution is 0.0694. The molecule has 0 spiro atoms. The van der Waals surface area contributed by atoms with Crippen LogP contribution in [0.4, 0.5) is 5.69 Å². The third-order valence-corrected chi connectivity index (χ3v) is 11.6. The summed E-state index contributed by atoms with van der Waals surface area (Å²) in [7, 11) is 1.94. The average molecular weight is 779 g/mol. The Morgan fingerprint density at radius 1 is 0.855 bits per heavy atom. The van der Waals surface area contributed by atoms with Gasteiger partial charge in [-0.25, -0.2) is 4.79 Å². The van der Waals surface area contributed by atoms with Crippen molar-refractivity contribution in [2.24, 2.45) is 7.05 Å². The number of nitrogens with zero attached hydrogens (tertiary/aromatic N) is 5. The maximum Gasteiger partial charge on any atom is 0.335 e. The molecule has 1 amide bonds. The molecule has 0 unspecified atom stereocenters. The van der Waals surface area contributed by atoms with E-state index in [0.29, 0.717) is 62.9 Å². The van der Waals surface area contributed by atoms with Crippen LogP contribution in [-0.2, 0) is 20.0 Å². The van der Waals surface area contributed by atoms with E-state index < -0.39 is 5.97 Å². The standard InChI is InChI=1S/C44H45Cl2N5O4/c1-27-24-34(25-28(2)40(27)46)55-23-9-12-35-36-17-18-37(45)39(38-29(3)47-48(5)30(38)4)41(36)51(26-31-10-7-6-8-11-31)42(35)43(52)50-21-19-49(20-22-50)33-15-13-32(14-16-33)44(53)54/h6-8,10-11,13-18,24-25H,9,12,19-23,26H2,1-5H3,(H,53,54). The van der Waals surface area contributed by atoms with Gasteiger partial charge in [0.1, 0.15) is 11.4 Å². The molecular weight excluding hydrogens is 733 g/mol. The first-order valence-corrected chi connectivity index (χ1v) is 19.3. The summed E-state index contributed by atoms with van der Waals surface area (Å²) in [5.74, 6) is -0.215. The number of aryl methyl sites for hydroxylation is 5. The lowest BCUT2D eigenvalue weighted by Gasteiger charge is -2.36. The molecule has 11 heteroatoms. The predicted octanol–water partition coefficient (Wildman–Crippen LogP) is 9.30. The summed E-state index contributed by atoms with van der Waals surface area (Å²) in [5.41, 5.74) is 10.4. The molecule has 2 aromatic heterocycles. The summed E-state index contributed by atoms with van der Waals surface area (Å²) >= 11 is 13.6. The number of anilines is 1. The van der Waals surface area contributed by atoms with Gasteiger partial charge in [0, 0.05) is 72.7 Å². The minimum Gasteiger partial charge on any atom is -0.494 e. The van der Waals surface area contributed by atoms with E-state index >= 15 is 4.79 Å². The molecule has 0 aliphatic carbocycles. The Bertz CT molecular complexity index is 2370. The third-order valence-electron chi connectivity index (χ3n) is 10.7. The second-order valence-electron chi connectivity index (χ2n) is 14.3. The van der Waals surface area contributed by atoms with Gasteiger partial charge < -0.3 is 24.2 Å². The molecule has 1 fully saturated rings. The number of aromatic nitrogens is 3. The van der Waals surface area contributed by atoms with Gasteiger partial charge in [-0.1, -0.05) is 59.6 Å². The fourth-order valence-corrected chi connectivity index (χ4v) is 8.20. The Morgan fingerprint density at radius 3 is 2.15 bits per heavy atom. The van der Waals surface area contributed by atoms with Crippen molar-refractivity contribution in [3.63, 3.8) is 0 Å². The van der Waals surface area contributed by atoms with E-state index in [2.05, 4.69) is 27.7 Å². The Labute approximate surface area is 331 Å². The van der Waals surface area contributed by atoms with Gasteiger partial charge in [0.2, 0.25) is 0 Å². The molecule has 0 atom stereocenters. The van der Waals surface area contributed by atoms with Gasteiger partial charge in [0.15, 0.2) is 0 Å². The fourth-order valence-electron chi connectivity index (χ4n) is 7.85. The number of hydrogen-bond donors (Lipinski definition) is 1. The zero-order valence-electron chi connectivity index (χ0n) is 31.8. The van der Waals surface area contributed by atoms with Gasteiger partial charge in [0.05, 0.1) is 28.4 Å². The van der Waals surface area contributed by atoms with E-state index in [1.165, 1.54) is 0 Å². The van der Waals surface area contributed by atoms with Gasteiger partial charge in [-0.15, -0.1) is 0 Å². The van der Waals surface area contributed by atoms with Crippen LogP contribution in [0, 0.1) is 27.7 Å². The van der Waals surface area contributed by atoms with Gasteiger partial charge in [-0.05, 0) is 105 Å². The lowest BCUT2D eigenvalue weighted by Crippen LogP contribution is -2.49. The predicted molar refractivity (Wildman–Crippen MR) is 220 cm³/mol. The maximum atomic E-state index is 15.1. The van der Waals surface area contributed by atoms with Crippen molar-refractivity contribution in [3.05, 3.63) is 134 Å². The van der Waals surface area contributed by atoms with Gasteiger partial charge in [0.25, 0.3) is 5.91 Å². The molecule has 4 aromatic carbocycles. The highest BCUT2D eigenvalue weighted by atomic mass is 35.5. The van der Waals surface area contributed by atoms with Crippen LogP contribution in [0.3, 0.4) is 0 Å². The second-order valence-corrected chi connectivity index (χ2v) is 15.1. The van der Waals surface area contributed by atoms with Crippen molar-refractivity contribution >= 4 is 51.7 Å². The highest BCUT2D eigenvalue weighted by molar-refractivity contribution is 6.35. The Morgan fingerprint density at radius 2 is 1.53 bits per heavy atom. The molecule has 6 aromatic rings. The van der Waals surface area contributed by atoms with Crippen LogP contribution in [0.2, 0.25) is 10.0 Å². The molecule has 1 saturated heterocycles. The van der Waals surface area contributed by atoms with Crippen molar-refractivity contribution in [1.29, 1.82) is 0 Å². The van der Waals surface area contributed by atoms with Gasteiger partial charge in [-0.2, -0.15) is 5.10 Å². The fraction of sp³-hybridized carbons (Fsp3) is 0.295. The van der Waals surface area contributed by atoms with E-state index in [-0.39, 0.29) is 11.5 Å². The second kappa shape index (κ2) is 15.8. The number of carboxylic acids is 1. The van der Waals surface area contributed by atoms with Crippen molar-refractivity contribution < 1.29 is 19.4 Å². The largest absolute Gasteiger partial charge is 0.494 e. The summed E-state index contributed by atoms with van der Waals surface area (Å²) in [6, 6.07) is 25.0. The van der Waals surface area contributed by atoms with Crippen molar-refractivity contribution in [3.8, 4) is 16.9 Å².